The Morgan fingerprint density at radius 3 is 2.81 bits per heavy atom. The quantitative estimate of drug-likeness (QED) is 0.839. The van der Waals surface area contributed by atoms with E-state index in [1.165, 1.54) is 0 Å². The zero-order valence-corrected chi connectivity index (χ0v) is 12.8. The maximum Gasteiger partial charge on any atom is 0.222 e. The third-order valence-electron chi connectivity index (χ3n) is 4.08. The van der Waals surface area contributed by atoms with E-state index in [0.717, 1.165) is 38.1 Å². The number of rotatable bonds is 7. The van der Waals surface area contributed by atoms with Crippen molar-refractivity contribution in [3.63, 3.8) is 0 Å². The monoisotopic (exact) mass is 290 g/mol. The fourth-order valence-electron chi connectivity index (χ4n) is 2.75. The van der Waals surface area contributed by atoms with Crippen LogP contribution in [-0.2, 0) is 9.53 Å². The summed E-state index contributed by atoms with van der Waals surface area (Å²) in [7, 11) is 0. The van der Waals surface area contributed by atoms with E-state index in [0.29, 0.717) is 12.8 Å². The van der Waals surface area contributed by atoms with Gasteiger partial charge in [0.15, 0.2) is 0 Å². The first-order chi connectivity index (χ1) is 10.2. The molecule has 0 aliphatic carbocycles. The summed E-state index contributed by atoms with van der Waals surface area (Å²) < 4.78 is 5.61. The van der Waals surface area contributed by atoms with Gasteiger partial charge in [-0.1, -0.05) is 30.3 Å². The maximum atomic E-state index is 12.3. The highest BCUT2D eigenvalue weighted by Gasteiger charge is 2.21. The largest absolute Gasteiger partial charge is 0.376 e. The van der Waals surface area contributed by atoms with Crippen molar-refractivity contribution in [3.05, 3.63) is 35.9 Å². The highest BCUT2D eigenvalue weighted by molar-refractivity contribution is 5.76. The minimum Gasteiger partial charge on any atom is -0.376 e. The first kappa shape index (κ1) is 16.0. The van der Waals surface area contributed by atoms with Gasteiger partial charge in [-0.05, 0) is 31.7 Å². The van der Waals surface area contributed by atoms with Gasteiger partial charge < -0.3 is 15.4 Å². The molecular weight excluding hydrogens is 264 g/mol. The Labute approximate surface area is 127 Å². The maximum absolute atomic E-state index is 12.3. The van der Waals surface area contributed by atoms with Crippen LogP contribution in [0, 0.1) is 0 Å². The van der Waals surface area contributed by atoms with E-state index in [1.807, 2.05) is 42.2 Å². The van der Waals surface area contributed by atoms with E-state index in [4.69, 9.17) is 10.5 Å². The van der Waals surface area contributed by atoms with E-state index >= 15 is 0 Å². The summed E-state index contributed by atoms with van der Waals surface area (Å²) in [4.78, 5) is 14.2. The number of hydrogen-bond acceptors (Lipinski definition) is 3. The lowest BCUT2D eigenvalue weighted by molar-refractivity contribution is -0.132. The van der Waals surface area contributed by atoms with Crippen LogP contribution in [0.4, 0.5) is 0 Å². The van der Waals surface area contributed by atoms with Gasteiger partial charge in [0.1, 0.15) is 0 Å². The van der Waals surface area contributed by atoms with Crippen LogP contribution in [0.3, 0.4) is 0 Å². The predicted octanol–water partition coefficient (Wildman–Crippen LogP) is 2.49. The van der Waals surface area contributed by atoms with E-state index in [9.17, 15) is 4.79 Å². The second kappa shape index (κ2) is 8.15. The van der Waals surface area contributed by atoms with Crippen molar-refractivity contribution >= 4 is 5.91 Å². The Kier molecular flexibility index (Phi) is 6.21. The summed E-state index contributed by atoms with van der Waals surface area (Å²) in [6.45, 7) is 4.30. The van der Waals surface area contributed by atoms with Crippen LogP contribution in [-0.4, -0.2) is 36.6 Å². The summed E-state index contributed by atoms with van der Waals surface area (Å²) in [5.41, 5.74) is 7.24. The minimum absolute atomic E-state index is 0.0726. The first-order valence-corrected chi connectivity index (χ1v) is 7.90. The van der Waals surface area contributed by atoms with Gasteiger partial charge in [-0.25, -0.2) is 0 Å². The molecule has 4 nitrogen and oxygen atoms in total. The fourth-order valence-corrected chi connectivity index (χ4v) is 2.75. The molecule has 1 amide bonds. The Morgan fingerprint density at radius 1 is 1.43 bits per heavy atom. The van der Waals surface area contributed by atoms with Crippen molar-refractivity contribution in [2.24, 2.45) is 5.73 Å². The first-order valence-electron chi connectivity index (χ1n) is 7.90. The van der Waals surface area contributed by atoms with E-state index < -0.39 is 0 Å². The number of benzene rings is 1. The van der Waals surface area contributed by atoms with Crippen LogP contribution in [0.2, 0.25) is 0 Å². The molecule has 0 saturated carbocycles. The van der Waals surface area contributed by atoms with Crippen molar-refractivity contribution < 1.29 is 9.53 Å². The van der Waals surface area contributed by atoms with Gasteiger partial charge in [0.05, 0.1) is 6.10 Å². The summed E-state index contributed by atoms with van der Waals surface area (Å²) in [6, 6.07) is 9.89. The minimum atomic E-state index is -0.0726. The third kappa shape index (κ3) is 4.83. The van der Waals surface area contributed by atoms with Gasteiger partial charge in [0.25, 0.3) is 0 Å². The molecule has 1 aliphatic rings. The number of nitrogens with zero attached hydrogens (tertiary/aromatic N) is 1. The molecule has 1 fully saturated rings. The van der Waals surface area contributed by atoms with Crippen LogP contribution in [0.25, 0.3) is 0 Å². The number of hydrogen-bond donors (Lipinski definition) is 1. The molecule has 21 heavy (non-hydrogen) atoms. The smallest absolute Gasteiger partial charge is 0.222 e. The van der Waals surface area contributed by atoms with Gasteiger partial charge in [0, 0.05) is 32.2 Å². The summed E-state index contributed by atoms with van der Waals surface area (Å²) in [6.07, 6.45) is 3.57. The fraction of sp³-hybridized carbons (Fsp3) is 0.588. The summed E-state index contributed by atoms with van der Waals surface area (Å²) in [5, 5.41) is 0. The Morgan fingerprint density at radius 2 is 2.19 bits per heavy atom. The molecule has 2 atom stereocenters. The average Bonchev–Trinajstić information content (AvgIpc) is 3.03. The number of nitrogens with two attached hydrogens (primary N) is 1. The third-order valence-corrected chi connectivity index (χ3v) is 4.08. The second-order valence-electron chi connectivity index (χ2n) is 5.62. The SMILES string of the molecule is CCN(CC1CCCO1)C(=O)CCC(N)c1ccccc1. The van der Waals surface area contributed by atoms with Crippen molar-refractivity contribution in [1.82, 2.24) is 4.90 Å². The van der Waals surface area contributed by atoms with E-state index in [1.54, 1.807) is 0 Å². The number of likely N-dealkylation sites (N-methyl/N-ethyl adjacent to an activating group) is 1. The molecule has 1 aliphatic heterocycles. The van der Waals surface area contributed by atoms with Gasteiger partial charge in [0.2, 0.25) is 5.91 Å². The molecule has 1 heterocycles. The average molecular weight is 290 g/mol. The molecule has 1 saturated heterocycles. The highest BCUT2D eigenvalue weighted by Crippen LogP contribution is 2.17. The van der Waals surface area contributed by atoms with E-state index in [-0.39, 0.29) is 18.1 Å². The molecule has 2 N–H and O–H groups in total. The van der Waals surface area contributed by atoms with Crippen molar-refractivity contribution in [1.29, 1.82) is 0 Å². The second-order valence-corrected chi connectivity index (χ2v) is 5.62. The molecule has 0 spiro atoms. The Hall–Kier alpha value is -1.39. The standard InChI is InChI=1S/C17H26N2O2/c1-2-19(13-15-9-6-12-21-15)17(20)11-10-16(18)14-7-4-3-5-8-14/h3-5,7-8,15-16H,2,6,9-13,18H2,1H3. The number of carbonyl (C=O) groups is 1. The van der Waals surface area contributed by atoms with Gasteiger partial charge >= 0.3 is 0 Å². The van der Waals surface area contributed by atoms with Crippen LogP contribution in [0.1, 0.15) is 44.2 Å². The molecule has 1 aromatic carbocycles. The van der Waals surface area contributed by atoms with Crippen molar-refractivity contribution in [2.45, 2.75) is 44.8 Å². The molecule has 4 heteroatoms. The molecule has 0 aromatic heterocycles. The summed E-state index contributed by atoms with van der Waals surface area (Å²) >= 11 is 0. The lowest BCUT2D eigenvalue weighted by Gasteiger charge is -2.24. The zero-order valence-electron chi connectivity index (χ0n) is 12.8. The molecule has 1 aromatic rings. The highest BCUT2D eigenvalue weighted by atomic mass is 16.5. The van der Waals surface area contributed by atoms with Crippen molar-refractivity contribution in [3.8, 4) is 0 Å². The Bertz CT molecular complexity index is 430. The van der Waals surface area contributed by atoms with Gasteiger partial charge in [-0.2, -0.15) is 0 Å². The topological polar surface area (TPSA) is 55.6 Å². The molecule has 0 radical (unpaired) electrons. The van der Waals surface area contributed by atoms with Crippen LogP contribution < -0.4 is 5.73 Å². The predicted molar refractivity (Wildman–Crippen MR) is 83.8 cm³/mol. The van der Waals surface area contributed by atoms with E-state index in [2.05, 4.69) is 0 Å². The van der Waals surface area contributed by atoms with Gasteiger partial charge in [-0.15, -0.1) is 0 Å². The van der Waals surface area contributed by atoms with Crippen LogP contribution in [0.5, 0.6) is 0 Å². The lowest BCUT2D eigenvalue weighted by atomic mass is 10.0. The number of amides is 1. The number of carbonyl (C=O) groups excluding carboxylic acids is 1. The van der Waals surface area contributed by atoms with Gasteiger partial charge in [-0.3, -0.25) is 4.79 Å². The van der Waals surface area contributed by atoms with Crippen LogP contribution in [0.15, 0.2) is 30.3 Å². The van der Waals surface area contributed by atoms with Crippen LogP contribution >= 0.6 is 0 Å². The molecule has 2 rings (SSSR count). The summed E-state index contributed by atoms with van der Waals surface area (Å²) in [5.74, 6) is 0.180. The zero-order chi connectivity index (χ0) is 15.1. The molecule has 116 valence electrons. The lowest BCUT2D eigenvalue weighted by Crippen LogP contribution is -2.37. The molecule has 0 bridgehead atoms. The molecular formula is C17H26N2O2. The Balaban J connectivity index is 1.79. The normalized spacial score (nSPS) is 19.4. The van der Waals surface area contributed by atoms with Crippen molar-refractivity contribution in [2.75, 3.05) is 19.7 Å². The molecule has 2 unspecified atom stereocenters. The number of ether oxygens (including phenoxy) is 1.